The van der Waals surface area contributed by atoms with Gasteiger partial charge in [-0.2, -0.15) is 0 Å². The summed E-state index contributed by atoms with van der Waals surface area (Å²) in [5.74, 6) is -0.0256. The Bertz CT molecular complexity index is 965. The number of imide groups is 1. The molecule has 6 heteroatoms. The molecule has 2 aromatic rings. The molecule has 3 rings (SSSR count). The lowest BCUT2D eigenvalue weighted by atomic mass is 9.72. The maximum absolute atomic E-state index is 12.5. The van der Waals surface area contributed by atoms with Gasteiger partial charge in [-0.05, 0) is 49.6 Å². The number of hydrogen-bond acceptors (Lipinski definition) is 4. The van der Waals surface area contributed by atoms with Crippen LogP contribution in [0.2, 0.25) is 0 Å². The number of benzene rings is 2. The van der Waals surface area contributed by atoms with Gasteiger partial charge in [0.2, 0.25) is 17.7 Å². The molecule has 0 spiro atoms. The Morgan fingerprint density at radius 1 is 1.13 bits per heavy atom. The molecule has 0 radical (unpaired) electrons. The van der Waals surface area contributed by atoms with Gasteiger partial charge in [0.25, 0.3) is 0 Å². The summed E-state index contributed by atoms with van der Waals surface area (Å²) in [5.41, 5.74) is 1.59. The van der Waals surface area contributed by atoms with Gasteiger partial charge in [-0.1, -0.05) is 37.3 Å². The molecule has 1 fully saturated rings. The van der Waals surface area contributed by atoms with Crippen molar-refractivity contribution in [2.24, 2.45) is 0 Å². The van der Waals surface area contributed by atoms with Crippen molar-refractivity contribution in [3.8, 4) is 5.75 Å². The Morgan fingerprint density at radius 2 is 1.87 bits per heavy atom. The zero-order valence-electron chi connectivity index (χ0n) is 17.2. The molecule has 2 aromatic carbocycles. The summed E-state index contributed by atoms with van der Waals surface area (Å²) in [7, 11) is 0. The highest BCUT2D eigenvalue weighted by molar-refractivity contribution is 6.04. The second-order valence-corrected chi connectivity index (χ2v) is 7.18. The normalized spacial score (nSPS) is 18.9. The van der Waals surface area contributed by atoms with E-state index in [-0.39, 0.29) is 17.7 Å². The molecule has 6 nitrogen and oxygen atoms in total. The third-order valence-electron chi connectivity index (χ3n) is 5.41. The fourth-order valence-corrected chi connectivity index (χ4v) is 3.69. The lowest BCUT2D eigenvalue weighted by Gasteiger charge is -2.35. The van der Waals surface area contributed by atoms with Crippen molar-refractivity contribution < 1.29 is 19.1 Å². The number of nitrogens with one attached hydrogen (secondary N) is 2. The molecular weight excluding hydrogens is 380 g/mol. The van der Waals surface area contributed by atoms with Crippen molar-refractivity contribution in [2.75, 3.05) is 11.9 Å². The summed E-state index contributed by atoms with van der Waals surface area (Å²) < 4.78 is 5.56. The van der Waals surface area contributed by atoms with Crippen LogP contribution in [0.15, 0.2) is 54.6 Å². The van der Waals surface area contributed by atoms with Crippen molar-refractivity contribution in [3.05, 3.63) is 65.7 Å². The molecule has 1 aliphatic heterocycles. The summed E-state index contributed by atoms with van der Waals surface area (Å²) >= 11 is 0. The van der Waals surface area contributed by atoms with Crippen LogP contribution in [0.4, 0.5) is 5.69 Å². The van der Waals surface area contributed by atoms with Crippen LogP contribution in [-0.2, 0) is 19.8 Å². The van der Waals surface area contributed by atoms with Crippen LogP contribution >= 0.6 is 0 Å². The molecule has 1 saturated heterocycles. The standard InChI is InChI=1S/C24H26N2O4/c1-3-24(16-15-22(28)26-23(24)29)18-10-12-19(13-11-18)25-21(27)14-9-17-7-5-6-8-20(17)30-4-2/h5-14H,3-4,15-16H2,1-2H3,(H,25,27)(H,26,28,29). The number of anilines is 1. The first-order chi connectivity index (χ1) is 14.5. The van der Waals surface area contributed by atoms with Crippen molar-refractivity contribution in [1.29, 1.82) is 0 Å². The van der Waals surface area contributed by atoms with E-state index in [0.29, 0.717) is 31.6 Å². The fraction of sp³-hybridized carbons (Fsp3) is 0.292. The molecule has 0 aromatic heterocycles. The lowest BCUT2D eigenvalue weighted by molar-refractivity contribution is -0.138. The predicted molar refractivity (Wildman–Crippen MR) is 116 cm³/mol. The average Bonchev–Trinajstić information content (AvgIpc) is 2.75. The number of rotatable bonds is 7. The molecule has 30 heavy (non-hydrogen) atoms. The van der Waals surface area contributed by atoms with Gasteiger partial charge in [-0.3, -0.25) is 19.7 Å². The summed E-state index contributed by atoms with van der Waals surface area (Å²) in [6.45, 7) is 4.40. The van der Waals surface area contributed by atoms with E-state index in [1.54, 1.807) is 18.2 Å². The minimum absolute atomic E-state index is 0.231. The average molecular weight is 406 g/mol. The van der Waals surface area contributed by atoms with E-state index in [0.717, 1.165) is 16.9 Å². The van der Waals surface area contributed by atoms with Crippen LogP contribution in [-0.4, -0.2) is 24.3 Å². The minimum atomic E-state index is -0.709. The molecule has 1 heterocycles. The number of carbonyl (C=O) groups is 3. The Morgan fingerprint density at radius 3 is 2.53 bits per heavy atom. The van der Waals surface area contributed by atoms with Crippen LogP contribution in [0.5, 0.6) is 5.75 Å². The Labute approximate surface area is 176 Å². The molecular formula is C24H26N2O4. The third-order valence-corrected chi connectivity index (χ3v) is 5.41. The first-order valence-electron chi connectivity index (χ1n) is 10.1. The minimum Gasteiger partial charge on any atom is -0.493 e. The molecule has 156 valence electrons. The number of piperidine rings is 1. The molecule has 0 saturated carbocycles. The molecule has 3 amide bonds. The number of hydrogen-bond donors (Lipinski definition) is 2. The topological polar surface area (TPSA) is 84.5 Å². The fourth-order valence-electron chi connectivity index (χ4n) is 3.69. The first kappa shape index (κ1) is 21.3. The predicted octanol–water partition coefficient (Wildman–Crippen LogP) is 3.82. The van der Waals surface area contributed by atoms with Gasteiger partial charge in [0.15, 0.2) is 0 Å². The highest BCUT2D eigenvalue weighted by atomic mass is 16.5. The maximum Gasteiger partial charge on any atom is 0.248 e. The van der Waals surface area contributed by atoms with Crippen LogP contribution in [0.1, 0.15) is 44.2 Å². The van der Waals surface area contributed by atoms with E-state index in [1.807, 2.05) is 50.2 Å². The van der Waals surface area contributed by atoms with Crippen LogP contribution < -0.4 is 15.4 Å². The molecule has 1 atom stereocenters. The quantitative estimate of drug-likeness (QED) is 0.541. The van der Waals surface area contributed by atoms with Gasteiger partial charge in [0.1, 0.15) is 5.75 Å². The highest BCUT2D eigenvalue weighted by Crippen LogP contribution is 2.36. The van der Waals surface area contributed by atoms with Gasteiger partial charge in [-0.25, -0.2) is 0 Å². The summed E-state index contributed by atoms with van der Waals surface area (Å²) in [6.07, 6.45) is 4.58. The van der Waals surface area contributed by atoms with Crippen LogP contribution in [0, 0.1) is 0 Å². The van der Waals surface area contributed by atoms with E-state index in [1.165, 1.54) is 6.08 Å². The zero-order chi connectivity index (χ0) is 21.6. The van der Waals surface area contributed by atoms with Crippen molar-refractivity contribution >= 4 is 29.5 Å². The largest absolute Gasteiger partial charge is 0.493 e. The van der Waals surface area contributed by atoms with E-state index in [4.69, 9.17) is 4.74 Å². The van der Waals surface area contributed by atoms with Crippen molar-refractivity contribution in [2.45, 2.75) is 38.5 Å². The van der Waals surface area contributed by atoms with Crippen molar-refractivity contribution in [1.82, 2.24) is 5.32 Å². The van der Waals surface area contributed by atoms with Crippen LogP contribution in [0.25, 0.3) is 6.08 Å². The Balaban J connectivity index is 1.69. The number of carbonyl (C=O) groups excluding carboxylic acids is 3. The van der Waals surface area contributed by atoms with E-state index in [2.05, 4.69) is 10.6 Å². The highest BCUT2D eigenvalue weighted by Gasteiger charge is 2.42. The molecule has 2 N–H and O–H groups in total. The summed E-state index contributed by atoms with van der Waals surface area (Å²) in [4.78, 5) is 36.3. The van der Waals surface area contributed by atoms with Gasteiger partial charge < -0.3 is 10.1 Å². The van der Waals surface area contributed by atoms with E-state index in [9.17, 15) is 14.4 Å². The third kappa shape index (κ3) is 4.59. The van der Waals surface area contributed by atoms with Gasteiger partial charge in [-0.15, -0.1) is 0 Å². The Hall–Kier alpha value is -3.41. The monoisotopic (exact) mass is 406 g/mol. The van der Waals surface area contributed by atoms with E-state index >= 15 is 0 Å². The number of ether oxygens (including phenoxy) is 1. The van der Waals surface area contributed by atoms with Crippen molar-refractivity contribution in [3.63, 3.8) is 0 Å². The number of amides is 3. The smallest absolute Gasteiger partial charge is 0.248 e. The van der Waals surface area contributed by atoms with Gasteiger partial charge in [0.05, 0.1) is 12.0 Å². The second kappa shape index (κ2) is 9.39. The maximum atomic E-state index is 12.5. The molecule has 1 unspecified atom stereocenters. The number of para-hydroxylation sites is 1. The van der Waals surface area contributed by atoms with E-state index < -0.39 is 5.41 Å². The zero-order valence-corrected chi connectivity index (χ0v) is 17.2. The first-order valence-corrected chi connectivity index (χ1v) is 10.1. The SMILES string of the molecule is CCOc1ccccc1C=CC(=O)Nc1ccc(C2(CC)CCC(=O)NC2=O)cc1. The second-order valence-electron chi connectivity index (χ2n) is 7.18. The van der Waals surface area contributed by atoms with Crippen LogP contribution in [0.3, 0.4) is 0 Å². The summed E-state index contributed by atoms with van der Waals surface area (Å²) in [5, 5.41) is 5.27. The molecule has 0 aliphatic carbocycles. The molecule has 1 aliphatic rings. The Kier molecular flexibility index (Phi) is 6.67. The molecule has 0 bridgehead atoms. The summed E-state index contributed by atoms with van der Waals surface area (Å²) in [6, 6.07) is 14.7. The lowest BCUT2D eigenvalue weighted by Crippen LogP contribution is -2.51. The van der Waals surface area contributed by atoms with Gasteiger partial charge in [0, 0.05) is 23.7 Å². The van der Waals surface area contributed by atoms with Gasteiger partial charge >= 0.3 is 0 Å².